The summed E-state index contributed by atoms with van der Waals surface area (Å²) in [7, 11) is 0. The van der Waals surface area contributed by atoms with Gasteiger partial charge >= 0.3 is 5.69 Å². The van der Waals surface area contributed by atoms with E-state index in [0.717, 1.165) is 12.1 Å². The fraction of sp³-hybridized carbons (Fsp3) is 0.417. The van der Waals surface area contributed by atoms with Crippen molar-refractivity contribution in [1.82, 2.24) is 0 Å². The number of Topliss-reactive ketones (excluding diaryl/α,β-unsaturated/α-hetero) is 1. The third-order valence-electron chi connectivity index (χ3n) is 2.89. The van der Waals surface area contributed by atoms with Crippen LogP contribution in [0.25, 0.3) is 0 Å². The molecule has 7 heteroatoms. The highest BCUT2D eigenvalue weighted by Crippen LogP contribution is 2.36. The molecule has 104 valence electrons. The number of hydrogen-bond donors (Lipinski definition) is 3. The summed E-state index contributed by atoms with van der Waals surface area (Å²) in [5, 5.41) is 38.9. The minimum atomic E-state index is -0.910. The van der Waals surface area contributed by atoms with Crippen molar-refractivity contribution in [3.63, 3.8) is 0 Å². The molecule has 0 aliphatic carbocycles. The second kappa shape index (κ2) is 5.66. The standard InChI is InChI=1S/C12H15NO6/c1-6(14)9(7(2)15)3-8-4-10(13(18)19)12(17)11(16)5-8/h4-6,9,14,16-17H,3H2,1-2H3. The summed E-state index contributed by atoms with van der Waals surface area (Å²) in [5.74, 6) is -2.42. The lowest BCUT2D eigenvalue weighted by Gasteiger charge is -2.17. The van der Waals surface area contributed by atoms with E-state index in [1.54, 1.807) is 0 Å². The number of benzene rings is 1. The van der Waals surface area contributed by atoms with Crippen molar-refractivity contribution < 1.29 is 25.0 Å². The van der Waals surface area contributed by atoms with Crippen molar-refractivity contribution >= 4 is 11.5 Å². The maximum atomic E-state index is 11.4. The molecule has 0 radical (unpaired) electrons. The molecule has 0 aromatic heterocycles. The van der Waals surface area contributed by atoms with E-state index in [2.05, 4.69) is 0 Å². The largest absolute Gasteiger partial charge is 0.504 e. The van der Waals surface area contributed by atoms with Crippen molar-refractivity contribution in [2.75, 3.05) is 0 Å². The van der Waals surface area contributed by atoms with Gasteiger partial charge in [-0.05, 0) is 31.9 Å². The highest BCUT2D eigenvalue weighted by Gasteiger charge is 2.24. The molecule has 0 spiro atoms. The van der Waals surface area contributed by atoms with Gasteiger partial charge in [-0.3, -0.25) is 14.9 Å². The molecule has 3 N–H and O–H groups in total. The highest BCUT2D eigenvalue weighted by atomic mass is 16.6. The number of carbonyl (C=O) groups is 1. The minimum Gasteiger partial charge on any atom is -0.504 e. The van der Waals surface area contributed by atoms with Crippen LogP contribution in [0.15, 0.2) is 12.1 Å². The number of hydrogen-bond acceptors (Lipinski definition) is 6. The van der Waals surface area contributed by atoms with Gasteiger partial charge in [-0.25, -0.2) is 0 Å². The van der Waals surface area contributed by atoms with Crippen LogP contribution in [0, 0.1) is 16.0 Å². The smallest absolute Gasteiger partial charge is 0.314 e. The number of ketones is 1. The van der Waals surface area contributed by atoms with Crippen LogP contribution in [0.5, 0.6) is 11.5 Å². The minimum absolute atomic E-state index is 0.0433. The van der Waals surface area contributed by atoms with E-state index >= 15 is 0 Å². The lowest BCUT2D eigenvalue weighted by molar-refractivity contribution is -0.386. The normalized spacial score (nSPS) is 13.8. The first-order valence-corrected chi connectivity index (χ1v) is 5.61. The zero-order valence-electron chi connectivity index (χ0n) is 10.5. The SMILES string of the molecule is CC(=O)C(Cc1cc(O)c(O)c([N+](=O)[O-])c1)C(C)O. The molecule has 2 atom stereocenters. The van der Waals surface area contributed by atoms with Gasteiger partial charge in [-0.2, -0.15) is 0 Å². The number of nitro benzene ring substituents is 1. The Labute approximate surface area is 109 Å². The van der Waals surface area contributed by atoms with Crippen LogP contribution in [0.4, 0.5) is 5.69 Å². The number of rotatable bonds is 5. The Morgan fingerprint density at radius 1 is 1.42 bits per heavy atom. The van der Waals surface area contributed by atoms with E-state index in [1.165, 1.54) is 13.8 Å². The van der Waals surface area contributed by atoms with Gasteiger partial charge in [0.25, 0.3) is 0 Å². The number of phenols is 2. The monoisotopic (exact) mass is 269 g/mol. The molecule has 0 heterocycles. The van der Waals surface area contributed by atoms with Gasteiger partial charge in [-0.15, -0.1) is 0 Å². The van der Waals surface area contributed by atoms with Gasteiger partial charge in [-0.1, -0.05) is 0 Å². The van der Waals surface area contributed by atoms with Crippen LogP contribution in [0.1, 0.15) is 19.4 Å². The van der Waals surface area contributed by atoms with Gasteiger partial charge in [0.05, 0.1) is 11.0 Å². The molecule has 19 heavy (non-hydrogen) atoms. The second-order valence-electron chi connectivity index (χ2n) is 4.40. The summed E-state index contributed by atoms with van der Waals surface area (Å²) in [5.41, 5.74) is -0.342. The Bertz CT molecular complexity index is 511. The van der Waals surface area contributed by atoms with Gasteiger partial charge in [0, 0.05) is 12.0 Å². The van der Waals surface area contributed by atoms with Crippen LogP contribution in [-0.2, 0) is 11.2 Å². The molecule has 1 rings (SSSR count). The van der Waals surface area contributed by atoms with Crippen LogP contribution in [0.2, 0.25) is 0 Å². The van der Waals surface area contributed by atoms with E-state index in [-0.39, 0.29) is 12.2 Å². The maximum absolute atomic E-state index is 11.4. The third-order valence-corrected chi connectivity index (χ3v) is 2.89. The second-order valence-corrected chi connectivity index (χ2v) is 4.40. The third kappa shape index (κ3) is 3.41. The maximum Gasteiger partial charge on any atom is 0.314 e. The Morgan fingerprint density at radius 3 is 2.42 bits per heavy atom. The number of nitro groups is 1. The van der Waals surface area contributed by atoms with Crippen molar-refractivity contribution in [1.29, 1.82) is 0 Å². The van der Waals surface area contributed by atoms with Crippen molar-refractivity contribution in [2.45, 2.75) is 26.4 Å². The average molecular weight is 269 g/mol. The fourth-order valence-corrected chi connectivity index (χ4v) is 1.83. The summed E-state index contributed by atoms with van der Waals surface area (Å²) < 4.78 is 0. The van der Waals surface area contributed by atoms with E-state index in [0.29, 0.717) is 5.56 Å². The highest BCUT2D eigenvalue weighted by molar-refractivity contribution is 5.79. The quantitative estimate of drug-likeness (QED) is 0.418. The van der Waals surface area contributed by atoms with Gasteiger partial charge in [0.1, 0.15) is 5.78 Å². The fourth-order valence-electron chi connectivity index (χ4n) is 1.83. The Morgan fingerprint density at radius 2 is 2.00 bits per heavy atom. The van der Waals surface area contributed by atoms with E-state index in [9.17, 15) is 30.2 Å². The van der Waals surface area contributed by atoms with Crippen LogP contribution >= 0.6 is 0 Å². The van der Waals surface area contributed by atoms with E-state index in [4.69, 9.17) is 0 Å². The molecular weight excluding hydrogens is 254 g/mol. The molecule has 7 nitrogen and oxygen atoms in total. The summed E-state index contributed by atoms with van der Waals surface area (Å²) in [6.07, 6.45) is -0.866. The summed E-state index contributed by atoms with van der Waals surface area (Å²) in [6, 6.07) is 2.22. The van der Waals surface area contributed by atoms with Crippen molar-refractivity contribution in [3.8, 4) is 11.5 Å². The van der Waals surface area contributed by atoms with Crippen LogP contribution in [-0.4, -0.2) is 32.1 Å². The molecule has 0 aliphatic rings. The Balaban J connectivity index is 3.15. The number of aliphatic hydroxyl groups is 1. The van der Waals surface area contributed by atoms with Crippen molar-refractivity contribution in [3.05, 3.63) is 27.8 Å². The topological polar surface area (TPSA) is 121 Å². The Kier molecular flexibility index (Phi) is 4.44. The molecule has 0 fully saturated rings. The van der Waals surface area contributed by atoms with E-state index in [1.807, 2.05) is 0 Å². The van der Waals surface area contributed by atoms with E-state index < -0.39 is 34.1 Å². The molecule has 0 bridgehead atoms. The number of aromatic hydroxyl groups is 2. The zero-order valence-corrected chi connectivity index (χ0v) is 10.5. The number of phenolic OH excluding ortho intramolecular Hbond substituents is 2. The van der Waals surface area contributed by atoms with Gasteiger partial charge in [0.2, 0.25) is 5.75 Å². The summed E-state index contributed by atoms with van der Waals surface area (Å²) in [6.45, 7) is 2.76. The molecular formula is C12H15NO6. The van der Waals surface area contributed by atoms with Crippen LogP contribution < -0.4 is 0 Å². The molecule has 0 amide bonds. The molecule has 0 aliphatic heterocycles. The molecule has 1 aromatic carbocycles. The average Bonchev–Trinajstić information content (AvgIpc) is 2.28. The number of carbonyl (C=O) groups excluding carboxylic acids is 1. The predicted molar refractivity (Wildman–Crippen MR) is 66.0 cm³/mol. The van der Waals surface area contributed by atoms with Gasteiger partial charge in [0.15, 0.2) is 5.75 Å². The predicted octanol–water partition coefficient (Wildman–Crippen LogP) is 1.13. The Hall–Kier alpha value is -2.15. The molecule has 1 aromatic rings. The zero-order chi connectivity index (χ0) is 14.7. The lowest BCUT2D eigenvalue weighted by atomic mass is 9.91. The number of nitrogens with zero attached hydrogens (tertiary/aromatic N) is 1. The first-order valence-electron chi connectivity index (χ1n) is 5.61. The van der Waals surface area contributed by atoms with Crippen molar-refractivity contribution in [2.24, 2.45) is 5.92 Å². The molecule has 0 saturated heterocycles. The van der Waals surface area contributed by atoms with Crippen LogP contribution in [0.3, 0.4) is 0 Å². The number of aliphatic hydroxyl groups excluding tert-OH is 1. The molecule has 2 unspecified atom stereocenters. The lowest BCUT2D eigenvalue weighted by Crippen LogP contribution is -2.26. The molecule has 0 saturated carbocycles. The first kappa shape index (κ1) is 14.9. The summed E-state index contributed by atoms with van der Waals surface area (Å²) >= 11 is 0. The summed E-state index contributed by atoms with van der Waals surface area (Å²) in [4.78, 5) is 21.2. The van der Waals surface area contributed by atoms with Gasteiger partial charge < -0.3 is 15.3 Å². The first-order chi connectivity index (χ1) is 8.73.